The van der Waals surface area contributed by atoms with Crippen molar-refractivity contribution in [3.8, 4) is 0 Å². The highest BCUT2D eigenvalue weighted by molar-refractivity contribution is 7.18. The highest BCUT2D eigenvalue weighted by atomic mass is 32.1. The first-order valence-electron chi connectivity index (χ1n) is 12.3. The minimum Gasteiger partial charge on any atom is -0.379 e. The van der Waals surface area contributed by atoms with Crippen LogP contribution in [0.1, 0.15) is 28.2 Å². The molecule has 2 aliphatic heterocycles. The molecule has 3 heterocycles. The van der Waals surface area contributed by atoms with E-state index in [0.717, 1.165) is 81.4 Å². The van der Waals surface area contributed by atoms with Crippen LogP contribution in [0.2, 0.25) is 0 Å². The first-order valence-corrected chi connectivity index (χ1v) is 13.1. The van der Waals surface area contributed by atoms with E-state index in [1.165, 1.54) is 10.4 Å². The average Bonchev–Trinajstić information content (AvgIpc) is 3.32. The summed E-state index contributed by atoms with van der Waals surface area (Å²) < 4.78 is 6.62. The molecule has 1 amide bonds. The van der Waals surface area contributed by atoms with Gasteiger partial charge in [-0.05, 0) is 49.2 Å². The van der Waals surface area contributed by atoms with E-state index in [4.69, 9.17) is 9.72 Å². The SMILES string of the molecule is O=C(NCCN1CCOCC1)c1ccc(N2CCC(NCc3nc4ccccc4s3)CC2)cc1. The van der Waals surface area contributed by atoms with Crippen LogP contribution in [0.25, 0.3) is 10.2 Å². The zero-order valence-corrected chi connectivity index (χ0v) is 20.4. The number of fused-ring (bicyclic) bond motifs is 1. The molecule has 2 fully saturated rings. The average molecular weight is 480 g/mol. The van der Waals surface area contributed by atoms with Crippen molar-refractivity contribution in [1.82, 2.24) is 20.5 Å². The van der Waals surface area contributed by atoms with Crippen LogP contribution < -0.4 is 15.5 Å². The van der Waals surface area contributed by atoms with Crippen molar-refractivity contribution in [2.75, 3.05) is 57.4 Å². The van der Waals surface area contributed by atoms with Gasteiger partial charge in [0, 0.05) is 63.1 Å². The van der Waals surface area contributed by atoms with Gasteiger partial charge >= 0.3 is 0 Å². The first-order chi connectivity index (χ1) is 16.7. The van der Waals surface area contributed by atoms with Gasteiger partial charge in [0.1, 0.15) is 5.01 Å². The van der Waals surface area contributed by atoms with Gasteiger partial charge < -0.3 is 20.3 Å². The monoisotopic (exact) mass is 479 g/mol. The van der Waals surface area contributed by atoms with Crippen molar-refractivity contribution < 1.29 is 9.53 Å². The number of ether oxygens (including phenoxy) is 1. The molecule has 34 heavy (non-hydrogen) atoms. The fraction of sp³-hybridized carbons (Fsp3) is 0.462. The molecule has 0 saturated carbocycles. The first kappa shape index (κ1) is 23.2. The van der Waals surface area contributed by atoms with Crippen LogP contribution in [-0.2, 0) is 11.3 Å². The maximum Gasteiger partial charge on any atom is 0.251 e. The summed E-state index contributed by atoms with van der Waals surface area (Å²) in [5, 5.41) is 7.89. The van der Waals surface area contributed by atoms with E-state index in [0.29, 0.717) is 12.6 Å². The number of nitrogens with zero attached hydrogens (tertiary/aromatic N) is 3. The van der Waals surface area contributed by atoms with Gasteiger partial charge in [-0.2, -0.15) is 0 Å². The second kappa shape index (κ2) is 11.3. The summed E-state index contributed by atoms with van der Waals surface area (Å²) in [6, 6.07) is 16.9. The van der Waals surface area contributed by atoms with Crippen LogP contribution >= 0.6 is 11.3 Å². The van der Waals surface area contributed by atoms with Gasteiger partial charge in [0.2, 0.25) is 0 Å². The Kier molecular flexibility index (Phi) is 7.70. The molecular weight excluding hydrogens is 446 g/mol. The molecule has 1 aromatic heterocycles. The summed E-state index contributed by atoms with van der Waals surface area (Å²) in [5.74, 6) is -0.00225. The third kappa shape index (κ3) is 5.93. The minimum absolute atomic E-state index is 0.00225. The quantitative estimate of drug-likeness (QED) is 0.517. The third-order valence-corrected chi connectivity index (χ3v) is 7.72. The largest absolute Gasteiger partial charge is 0.379 e. The maximum absolute atomic E-state index is 12.5. The van der Waals surface area contributed by atoms with Gasteiger partial charge in [-0.15, -0.1) is 11.3 Å². The smallest absolute Gasteiger partial charge is 0.251 e. The predicted molar refractivity (Wildman–Crippen MR) is 138 cm³/mol. The molecular formula is C26H33N5O2S. The van der Waals surface area contributed by atoms with Crippen LogP contribution in [0.15, 0.2) is 48.5 Å². The van der Waals surface area contributed by atoms with E-state index >= 15 is 0 Å². The van der Waals surface area contributed by atoms with Crippen molar-refractivity contribution in [3.63, 3.8) is 0 Å². The van der Waals surface area contributed by atoms with Gasteiger partial charge in [-0.25, -0.2) is 4.98 Å². The summed E-state index contributed by atoms with van der Waals surface area (Å²) in [5.41, 5.74) is 3.00. The third-order valence-electron chi connectivity index (χ3n) is 6.69. The number of para-hydroxylation sites is 1. The minimum atomic E-state index is -0.00225. The Balaban J connectivity index is 1.04. The Morgan fingerprint density at radius 1 is 1.03 bits per heavy atom. The van der Waals surface area contributed by atoms with Crippen molar-refractivity contribution in [3.05, 3.63) is 59.1 Å². The Hall–Kier alpha value is -2.52. The standard InChI is InChI=1S/C26H33N5O2S/c32-26(27-11-14-30-15-17-33-18-16-30)20-5-7-22(8-6-20)31-12-9-21(10-13-31)28-19-25-29-23-3-1-2-4-24(23)34-25/h1-8,21,28H,9-19H2,(H,27,32). The van der Waals surface area contributed by atoms with E-state index in [1.807, 2.05) is 18.2 Å². The fourth-order valence-electron chi connectivity index (χ4n) is 4.65. The molecule has 0 unspecified atom stereocenters. The van der Waals surface area contributed by atoms with Gasteiger partial charge in [0.05, 0.1) is 23.4 Å². The Bertz CT molecular complexity index is 1040. The lowest BCUT2D eigenvalue weighted by atomic mass is 10.0. The molecule has 2 aromatic carbocycles. The molecule has 2 aliphatic rings. The number of morpholine rings is 1. The fourth-order valence-corrected chi connectivity index (χ4v) is 5.57. The molecule has 180 valence electrons. The number of anilines is 1. The molecule has 2 N–H and O–H groups in total. The van der Waals surface area contributed by atoms with Gasteiger partial charge in [-0.3, -0.25) is 9.69 Å². The van der Waals surface area contributed by atoms with Crippen LogP contribution in [0, 0.1) is 0 Å². The molecule has 2 saturated heterocycles. The number of piperidine rings is 1. The van der Waals surface area contributed by atoms with Crippen molar-refractivity contribution in [2.45, 2.75) is 25.4 Å². The number of hydrogen-bond donors (Lipinski definition) is 2. The van der Waals surface area contributed by atoms with E-state index in [1.54, 1.807) is 11.3 Å². The van der Waals surface area contributed by atoms with E-state index in [-0.39, 0.29) is 5.91 Å². The number of hydrogen-bond acceptors (Lipinski definition) is 7. The van der Waals surface area contributed by atoms with Crippen LogP contribution in [-0.4, -0.2) is 74.3 Å². The molecule has 0 spiro atoms. The number of benzene rings is 2. The second-order valence-electron chi connectivity index (χ2n) is 8.97. The summed E-state index contributed by atoms with van der Waals surface area (Å²) in [4.78, 5) is 21.9. The number of carbonyl (C=O) groups excluding carboxylic acids is 1. The normalized spacial score (nSPS) is 17.8. The zero-order valence-electron chi connectivity index (χ0n) is 19.5. The lowest BCUT2D eigenvalue weighted by Gasteiger charge is -2.34. The summed E-state index contributed by atoms with van der Waals surface area (Å²) in [6.45, 7) is 7.85. The highest BCUT2D eigenvalue weighted by Gasteiger charge is 2.20. The number of aromatic nitrogens is 1. The molecule has 5 rings (SSSR count). The van der Waals surface area contributed by atoms with Crippen LogP contribution in [0.5, 0.6) is 0 Å². The lowest BCUT2D eigenvalue weighted by Crippen LogP contribution is -2.42. The lowest BCUT2D eigenvalue weighted by molar-refractivity contribution is 0.0383. The molecule has 0 bridgehead atoms. The van der Waals surface area contributed by atoms with Crippen molar-refractivity contribution in [1.29, 1.82) is 0 Å². The highest BCUT2D eigenvalue weighted by Crippen LogP contribution is 2.23. The Morgan fingerprint density at radius 2 is 1.79 bits per heavy atom. The summed E-state index contributed by atoms with van der Waals surface area (Å²) >= 11 is 1.77. The summed E-state index contributed by atoms with van der Waals surface area (Å²) in [7, 11) is 0. The summed E-state index contributed by atoms with van der Waals surface area (Å²) in [6.07, 6.45) is 2.21. The zero-order chi connectivity index (χ0) is 23.2. The van der Waals surface area contributed by atoms with E-state index in [9.17, 15) is 4.79 Å². The molecule has 0 radical (unpaired) electrons. The van der Waals surface area contributed by atoms with Crippen LogP contribution in [0.4, 0.5) is 5.69 Å². The Labute approximate surface area is 205 Å². The Morgan fingerprint density at radius 3 is 2.56 bits per heavy atom. The number of amides is 1. The van der Waals surface area contributed by atoms with Crippen LogP contribution in [0.3, 0.4) is 0 Å². The number of carbonyl (C=O) groups is 1. The second-order valence-corrected chi connectivity index (χ2v) is 10.1. The number of rotatable bonds is 8. The molecule has 8 heteroatoms. The maximum atomic E-state index is 12.5. The number of nitrogens with one attached hydrogen (secondary N) is 2. The molecule has 7 nitrogen and oxygen atoms in total. The van der Waals surface area contributed by atoms with Gasteiger partial charge in [0.25, 0.3) is 5.91 Å². The van der Waals surface area contributed by atoms with Crippen molar-refractivity contribution in [2.24, 2.45) is 0 Å². The van der Waals surface area contributed by atoms with E-state index < -0.39 is 0 Å². The van der Waals surface area contributed by atoms with E-state index in [2.05, 4.69) is 50.8 Å². The molecule has 3 aromatic rings. The predicted octanol–water partition coefficient (Wildman–Crippen LogP) is 3.12. The molecule has 0 aliphatic carbocycles. The van der Waals surface area contributed by atoms with Gasteiger partial charge in [-0.1, -0.05) is 12.1 Å². The number of thiazole rings is 1. The van der Waals surface area contributed by atoms with Gasteiger partial charge in [0.15, 0.2) is 0 Å². The molecule has 0 atom stereocenters. The topological polar surface area (TPSA) is 69.7 Å². The van der Waals surface area contributed by atoms with Crippen molar-refractivity contribution >= 4 is 33.1 Å².